The number of rotatable bonds is 8. The number of piperidine rings is 2. The summed E-state index contributed by atoms with van der Waals surface area (Å²) in [5.41, 5.74) is 0. The second-order valence-corrected chi connectivity index (χ2v) is 10.9. The molecule has 2 saturated heterocycles. The summed E-state index contributed by atoms with van der Waals surface area (Å²) in [5.74, 6) is 2.17. The smallest absolute Gasteiger partial charge is 0.243 e. The Bertz CT molecular complexity index is 783. The van der Waals surface area contributed by atoms with Crippen molar-refractivity contribution in [3.63, 3.8) is 0 Å². The fourth-order valence-electron chi connectivity index (χ4n) is 4.35. The molecule has 8 heteroatoms. The molecule has 0 spiro atoms. The summed E-state index contributed by atoms with van der Waals surface area (Å²) in [5, 5.41) is 6.84. The van der Waals surface area contributed by atoms with Gasteiger partial charge in [0.05, 0.1) is 4.90 Å². The van der Waals surface area contributed by atoms with E-state index < -0.39 is 10.0 Å². The first kappa shape index (κ1) is 24.0. The molecule has 1 aromatic rings. The fourth-order valence-corrected chi connectivity index (χ4v) is 5.84. The van der Waals surface area contributed by atoms with Crippen LogP contribution in [0.2, 0.25) is 0 Å². The minimum Gasteiger partial charge on any atom is -0.356 e. The minimum absolute atomic E-state index is 0.384. The van der Waals surface area contributed by atoms with Crippen molar-refractivity contribution in [2.45, 2.75) is 43.9 Å². The molecule has 0 saturated carbocycles. The quantitative estimate of drug-likeness (QED) is 0.362. The zero-order valence-corrected chi connectivity index (χ0v) is 19.9. The Morgan fingerprint density at radius 2 is 1.71 bits per heavy atom. The molecule has 0 bridgehead atoms. The lowest BCUT2D eigenvalue weighted by atomic mass is 9.98. The summed E-state index contributed by atoms with van der Waals surface area (Å²) in [7, 11) is -1.57. The van der Waals surface area contributed by atoms with Crippen LogP contribution in [0.3, 0.4) is 0 Å². The largest absolute Gasteiger partial charge is 0.356 e. The third-order valence-electron chi connectivity index (χ3n) is 6.56. The van der Waals surface area contributed by atoms with Crippen LogP contribution in [-0.4, -0.2) is 76.4 Å². The lowest BCUT2D eigenvalue weighted by Crippen LogP contribution is -2.44. The van der Waals surface area contributed by atoms with E-state index >= 15 is 0 Å². The number of aliphatic imine (C=N–C) groups is 1. The van der Waals surface area contributed by atoms with Crippen LogP contribution in [0.25, 0.3) is 0 Å². The van der Waals surface area contributed by atoms with E-state index in [1.165, 1.54) is 25.9 Å². The highest BCUT2D eigenvalue weighted by molar-refractivity contribution is 7.89. The number of guanidine groups is 1. The topological polar surface area (TPSA) is 77.0 Å². The molecule has 2 aliphatic rings. The van der Waals surface area contributed by atoms with Crippen LogP contribution >= 0.6 is 0 Å². The van der Waals surface area contributed by atoms with E-state index in [9.17, 15) is 8.42 Å². The second-order valence-electron chi connectivity index (χ2n) is 8.92. The van der Waals surface area contributed by atoms with Crippen LogP contribution in [0.15, 0.2) is 40.2 Å². The summed E-state index contributed by atoms with van der Waals surface area (Å²) >= 11 is 0. The van der Waals surface area contributed by atoms with Crippen molar-refractivity contribution >= 4 is 16.0 Å². The van der Waals surface area contributed by atoms with E-state index in [1.54, 1.807) is 35.6 Å². The maximum Gasteiger partial charge on any atom is 0.243 e. The van der Waals surface area contributed by atoms with Crippen LogP contribution in [0.4, 0.5) is 0 Å². The number of likely N-dealkylation sites (tertiary alicyclic amines) is 1. The average molecular weight is 450 g/mol. The van der Waals surface area contributed by atoms with Gasteiger partial charge in [0.2, 0.25) is 10.0 Å². The molecule has 174 valence electrons. The van der Waals surface area contributed by atoms with Gasteiger partial charge in [-0.15, -0.1) is 0 Å². The summed E-state index contributed by atoms with van der Waals surface area (Å²) < 4.78 is 27.1. The van der Waals surface area contributed by atoms with Crippen LogP contribution in [0.1, 0.15) is 39.0 Å². The maximum absolute atomic E-state index is 12.8. The molecule has 2 heterocycles. The van der Waals surface area contributed by atoms with Crippen molar-refractivity contribution < 1.29 is 8.42 Å². The molecule has 3 rings (SSSR count). The average Bonchev–Trinajstić information content (AvgIpc) is 2.80. The van der Waals surface area contributed by atoms with E-state index in [0.717, 1.165) is 50.8 Å². The Labute approximate surface area is 188 Å². The molecule has 7 nitrogen and oxygen atoms in total. The molecular formula is C23H39N5O2S. The highest BCUT2D eigenvalue weighted by Crippen LogP contribution is 2.23. The molecule has 0 aliphatic carbocycles. The van der Waals surface area contributed by atoms with Gasteiger partial charge in [-0.1, -0.05) is 25.1 Å². The van der Waals surface area contributed by atoms with Gasteiger partial charge in [0.25, 0.3) is 0 Å². The monoisotopic (exact) mass is 449 g/mol. The van der Waals surface area contributed by atoms with Gasteiger partial charge in [0, 0.05) is 33.2 Å². The van der Waals surface area contributed by atoms with Crippen molar-refractivity contribution in [1.82, 2.24) is 19.8 Å². The van der Waals surface area contributed by atoms with Gasteiger partial charge >= 0.3 is 0 Å². The number of sulfonamides is 1. The van der Waals surface area contributed by atoms with Gasteiger partial charge in [0.15, 0.2) is 5.96 Å². The number of hydrogen-bond acceptors (Lipinski definition) is 4. The maximum atomic E-state index is 12.8. The third kappa shape index (κ3) is 7.19. The molecule has 31 heavy (non-hydrogen) atoms. The van der Waals surface area contributed by atoms with Gasteiger partial charge in [-0.3, -0.25) is 4.99 Å². The SMILES string of the molecule is CN=C(NCCCN1CCC(C)CC1)NCC1CCN(S(=O)(=O)c2ccccc2)CC1. The normalized spacial score (nSPS) is 20.6. The molecule has 1 aromatic carbocycles. The zero-order valence-electron chi connectivity index (χ0n) is 19.1. The van der Waals surface area contributed by atoms with E-state index in [2.05, 4.69) is 27.4 Å². The summed E-state index contributed by atoms with van der Waals surface area (Å²) in [6.45, 7) is 8.84. The highest BCUT2D eigenvalue weighted by Gasteiger charge is 2.29. The van der Waals surface area contributed by atoms with Crippen molar-refractivity contribution in [3.05, 3.63) is 30.3 Å². The third-order valence-corrected chi connectivity index (χ3v) is 8.47. The van der Waals surface area contributed by atoms with Crippen molar-refractivity contribution in [1.29, 1.82) is 0 Å². The first-order chi connectivity index (χ1) is 15.0. The molecule has 0 unspecified atom stereocenters. The van der Waals surface area contributed by atoms with Crippen LogP contribution in [0, 0.1) is 11.8 Å². The van der Waals surface area contributed by atoms with E-state index in [1.807, 2.05) is 6.07 Å². The first-order valence-corrected chi connectivity index (χ1v) is 13.1. The lowest BCUT2D eigenvalue weighted by molar-refractivity contribution is 0.191. The number of hydrogen-bond donors (Lipinski definition) is 2. The number of benzene rings is 1. The number of nitrogens with one attached hydrogen (secondary N) is 2. The van der Waals surface area contributed by atoms with Crippen LogP contribution in [0.5, 0.6) is 0 Å². The van der Waals surface area contributed by atoms with Gasteiger partial charge in [-0.25, -0.2) is 8.42 Å². The molecule has 2 aliphatic heterocycles. The Balaban J connectivity index is 1.33. The predicted molar refractivity (Wildman–Crippen MR) is 127 cm³/mol. The Morgan fingerprint density at radius 1 is 1.03 bits per heavy atom. The summed E-state index contributed by atoms with van der Waals surface area (Å²) in [6.07, 6.45) is 5.49. The first-order valence-electron chi connectivity index (χ1n) is 11.7. The lowest BCUT2D eigenvalue weighted by Gasteiger charge is -2.31. The van der Waals surface area contributed by atoms with E-state index in [-0.39, 0.29) is 0 Å². The summed E-state index contributed by atoms with van der Waals surface area (Å²) in [4.78, 5) is 7.28. The molecule has 0 radical (unpaired) electrons. The molecule has 2 N–H and O–H groups in total. The van der Waals surface area contributed by atoms with Crippen LogP contribution < -0.4 is 10.6 Å². The minimum atomic E-state index is -3.38. The highest BCUT2D eigenvalue weighted by atomic mass is 32.2. The van der Waals surface area contributed by atoms with Crippen molar-refractivity contribution in [3.8, 4) is 0 Å². The van der Waals surface area contributed by atoms with Gasteiger partial charge in [0.1, 0.15) is 0 Å². The summed E-state index contributed by atoms with van der Waals surface area (Å²) in [6, 6.07) is 8.73. The Morgan fingerprint density at radius 3 is 2.35 bits per heavy atom. The van der Waals surface area contributed by atoms with Gasteiger partial charge < -0.3 is 15.5 Å². The molecule has 0 atom stereocenters. The zero-order chi connectivity index (χ0) is 22.1. The molecule has 0 aromatic heterocycles. The van der Waals surface area contributed by atoms with Gasteiger partial charge in [-0.2, -0.15) is 4.31 Å². The Kier molecular flexibility index (Phi) is 9.16. The standard InChI is InChI=1S/C23H39N5O2S/c1-20-9-15-27(16-10-20)14-6-13-25-23(24-2)26-19-21-11-17-28(18-12-21)31(29,30)22-7-4-3-5-8-22/h3-5,7-8,20-21H,6,9-19H2,1-2H3,(H2,24,25,26). The van der Waals surface area contributed by atoms with Crippen molar-refractivity contribution in [2.75, 3.05) is 52.9 Å². The van der Waals surface area contributed by atoms with E-state index in [4.69, 9.17) is 0 Å². The van der Waals surface area contributed by atoms with Crippen molar-refractivity contribution in [2.24, 2.45) is 16.8 Å². The Hall–Kier alpha value is -1.64. The van der Waals surface area contributed by atoms with Gasteiger partial charge in [-0.05, 0) is 75.7 Å². The van der Waals surface area contributed by atoms with Crippen LogP contribution in [-0.2, 0) is 10.0 Å². The van der Waals surface area contributed by atoms with E-state index in [0.29, 0.717) is 23.9 Å². The molecule has 2 fully saturated rings. The fraction of sp³-hybridized carbons (Fsp3) is 0.696. The predicted octanol–water partition coefficient (Wildman–Crippen LogP) is 2.37. The number of nitrogens with zero attached hydrogens (tertiary/aromatic N) is 3. The molecular weight excluding hydrogens is 410 g/mol. The second kappa shape index (κ2) is 11.8. The molecule has 0 amide bonds.